The number of benzene rings is 1. The average molecular weight is 411 g/mol. The first-order chi connectivity index (χ1) is 15.2. The van der Waals surface area contributed by atoms with Crippen LogP contribution < -0.4 is 10.7 Å². The smallest absolute Gasteiger partial charge is 0.272 e. The van der Waals surface area contributed by atoms with Crippen LogP contribution in [-0.4, -0.2) is 28.0 Å². The van der Waals surface area contributed by atoms with Crippen molar-refractivity contribution >= 4 is 34.6 Å². The molecule has 2 aliphatic rings. The van der Waals surface area contributed by atoms with Crippen LogP contribution in [0, 0.1) is 17.8 Å². The Labute approximate surface area is 179 Å². The fourth-order valence-electron chi connectivity index (χ4n) is 4.01. The summed E-state index contributed by atoms with van der Waals surface area (Å²) >= 11 is 0. The average Bonchev–Trinajstić information content (AvgIpc) is 3.53. The van der Waals surface area contributed by atoms with Crippen molar-refractivity contribution in [2.45, 2.75) is 32.1 Å². The first kappa shape index (κ1) is 19.1. The number of aromatic nitrogens is 2. The van der Waals surface area contributed by atoms with Gasteiger partial charge in [0.2, 0.25) is 5.91 Å². The van der Waals surface area contributed by atoms with E-state index in [-0.39, 0.29) is 23.7 Å². The van der Waals surface area contributed by atoms with Gasteiger partial charge in [-0.1, -0.05) is 18.9 Å². The van der Waals surface area contributed by atoms with E-state index in [0.717, 1.165) is 41.3 Å². The Morgan fingerprint density at radius 2 is 2.26 bits per heavy atom. The van der Waals surface area contributed by atoms with Crippen molar-refractivity contribution in [3.8, 4) is 11.8 Å². The molecule has 2 unspecified atom stereocenters. The number of nitrogens with one attached hydrogen (secondary N) is 3. The van der Waals surface area contributed by atoms with Crippen LogP contribution in [0.4, 0.5) is 5.69 Å². The molecule has 2 atom stereocenters. The molecule has 1 saturated carbocycles. The van der Waals surface area contributed by atoms with Gasteiger partial charge in [-0.05, 0) is 48.4 Å². The Balaban J connectivity index is 1.46. The summed E-state index contributed by atoms with van der Waals surface area (Å²) in [6.07, 6.45) is 7.71. The number of amides is 2. The van der Waals surface area contributed by atoms with Gasteiger partial charge in [0.05, 0.1) is 17.5 Å². The van der Waals surface area contributed by atoms with Gasteiger partial charge >= 0.3 is 0 Å². The second-order valence-corrected chi connectivity index (χ2v) is 7.84. The van der Waals surface area contributed by atoms with Gasteiger partial charge in [0, 0.05) is 46.9 Å². The van der Waals surface area contributed by atoms with Crippen LogP contribution in [0.5, 0.6) is 0 Å². The number of anilines is 1. The quantitative estimate of drug-likeness (QED) is 0.573. The summed E-state index contributed by atoms with van der Waals surface area (Å²) in [5.41, 5.74) is 6.87. The van der Waals surface area contributed by atoms with E-state index in [1.807, 2.05) is 24.4 Å². The van der Waals surface area contributed by atoms with Crippen LogP contribution in [-0.2, 0) is 4.79 Å². The number of hydrazone groups is 1. The molecule has 0 bridgehead atoms. The molecule has 31 heavy (non-hydrogen) atoms. The van der Waals surface area contributed by atoms with Gasteiger partial charge in [-0.2, -0.15) is 5.10 Å². The largest absolute Gasteiger partial charge is 0.347 e. The zero-order valence-electron chi connectivity index (χ0n) is 17.0. The van der Waals surface area contributed by atoms with E-state index in [9.17, 15) is 9.59 Å². The lowest BCUT2D eigenvalue weighted by Crippen LogP contribution is -2.18. The van der Waals surface area contributed by atoms with E-state index in [1.165, 1.54) is 0 Å². The van der Waals surface area contributed by atoms with Gasteiger partial charge < -0.3 is 10.3 Å². The summed E-state index contributed by atoms with van der Waals surface area (Å²) in [5.74, 6) is 6.00. The number of carbonyl (C=O) groups is 2. The summed E-state index contributed by atoms with van der Waals surface area (Å²) in [6, 6.07) is 7.43. The lowest BCUT2D eigenvalue weighted by Gasteiger charge is -2.08. The second kappa shape index (κ2) is 7.73. The third-order valence-electron chi connectivity index (χ3n) is 5.64. The molecule has 2 aromatic heterocycles. The van der Waals surface area contributed by atoms with Crippen molar-refractivity contribution in [1.82, 2.24) is 15.4 Å². The van der Waals surface area contributed by atoms with E-state index in [4.69, 9.17) is 0 Å². The summed E-state index contributed by atoms with van der Waals surface area (Å²) in [4.78, 5) is 32.8. The highest BCUT2D eigenvalue weighted by atomic mass is 16.2. The minimum Gasteiger partial charge on any atom is -0.347 e. The highest BCUT2D eigenvalue weighted by Crippen LogP contribution is 2.47. The molecule has 7 nitrogen and oxygen atoms in total. The predicted octanol–water partition coefficient (Wildman–Crippen LogP) is 3.53. The number of hydrogen-bond donors (Lipinski definition) is 3. The highest BCUT2D eigenvalue weighted by Gasteiger charge is 2.44. The molecule has 1 aliphatic heterocycles. The van der Waals surface area contributed by atoms with Crippen molar-refractivity contribution in [3.63, 3.8) is 0 Å². The van der Waals surface area contributed by atoms with Crippen LogP contribution in [0.1, 0.15) is 59.3 Å². The van der Waals surface area contributed by atoms with Gasteiger partial charge in [-0.15, -0.1) is 0 Å². The molecule has 3 aromatic rings. The number of rotatable bonds is 4. The Bertz CT molecular complexity index is 1280. The summed E-state index contributed by atoms with van der Waals surface area (Å²) in [7, 11) is 0. The number of H-pyrrole nitrogens is 1. The topological polar surface area (TPSA) is 99.2 Å². The van der Waals surface area contributed by atoms with Gasteiger partial charge in [0.25, 0.3) is 5.91 Å². The van der Waals surface area contributed by atoms with Gasteiger partial charge in [-0.3, -0.25) is 14.6 Å². The zero-order valence-corrected chi connectivity index (χ0v) is 17.0. The third kappa shape index (κ3) is 3.57. The molecule has 0 saturated heterocycles. The highest BCUT2D eigenvalue weighted by molar-refractivity contribution is 6.16. The van der Waals surface area contributed by atoms with Gasteiger partial charge in [-0.25, -0.2) is 5.43 Å². The Hall–Kier alpha value is -3.92. The molecule has 3 N–H and O–H groups in total. The van der Waals surface area contributed by atoms with Gasteiger partial charge in [0.15, 0.2) is 0 Å². The van der Waals surface area contributed by atoms with Crippen molar-refractivity contribution in [2.24, 2.45) is 11.0 Å². The maximum atomic E-state index is 12.8. The Kier molecular flexibility index (Phi) is 4.75. The van der Waals surface area contributed by atoms with Crippen molar-refractivity contribution in [2.75, 3.05) is 5.32 Å². The molecule has 1 aliphatic carbocycles. The Morgan fingerprint density at radius 3 is 3.06 bits per heavy atom. The molecule has 5 rings (SSSR count). The predicted molar refractivity (Wildman–Crippen MR) is 119 cm³/mol. The molecule has 0 spiro atoms. The lowest BCUT2D eigenvalue weighted by atomic mass is 10.0. The minimum atomic E-state index is -0.317. The summed E-state index contributed by atoms with van der Waals surface area (Å²) in [5, 5.41) is 7.76. The van der Waals surface area contributed by atoms with Crippen LogP contribution in [0.3, 0.4) is 0 Å². The first-order valence-electron chi connectivity index (χ1n) is 10.4. The van der Waals surface area contributed by atoms with Crippen molar-refractivity contribution < 1.29 is 9.59 Å². The molecule has 0 radical (unpaired) electrons. The second-order valence-electron chi connectivity index (χ2n) is 7.84. The number of nitrogens with zero attached hydrogens (tertiary/aromatic N) is 2. The molecule has 154 valence electrons. The van der Waals surface area contributed by atoms with Crippen molar-refractivity contribution in [3.05, 3.63) is 59.0 Å². The van der Waals surface area contributed by atoms with E-state index in [1.54, 1.807) is 18.5 Å². The van der Waals surface area contributed by atoms with E-state index in [0.29, 0.717) is 16.9 Å². The Morgan fingerprint density at radius 1 is 1.35 bits per heavy atom. The van der Waals surface area contributed by atoms with Crippen LogP contribution in [0.2, 0.25) is 0 Å². The van der Waals surface area contributed by atoms with Crippen molar-refractivity contribution in [1.29, 1.82) is 0 Å². The fraction of sp³-hybridized carbons (Fsp3) is 0.250. The SMILES string of the molecule is CCCC#Cc1[nH]c2cc(NC(=O)C3CC3c3cccnc3)cc3c2c1C=NNC3=O. The molecule has 1 fully saturated rings. The summed E-state index contributed by atoms with van der Waals surface area (Å²) < 4.78 is 0. The molecular formula is C24H21N5O2. The molecule has 1 aromatic carbocycles. The molecule has 3 heterocycles. The number of aromatic amines is 1. The molecular weight excluding hydrogens is 390 g/mol. The van der Waals surface area contributed by atoms with Crippen LogP contribution in [0.15, 0.2) is 41.8 Å². The number of carbonyl (C=O) groups excluding carboxylic acids is 2. The van der Waals surface area contributed by atoms with E-state index >= 15 is 0 Å². The van der Waals surface area contributed by atoms with E-state index < -0.39 is 0 Å². The number of hydrogen-bond acceptors (Lipinski definition) is 4. The fourth-order valence-corrected chi connectivity index (χ4v) is 4.01. The first-order valence-corrected chi connectivity index (χ1v) is 10.4. The van der Waals surface area contributed by atoms with Crippen LogP contribution in [0.25, 0.3) is 10.9 Å². The minimum absolute atomic E-state index is 0.0552. The lowest BCUT2D eigenvalue weighted by molar-refractivity contribution is -0.117. The third-order valence-corrected chi connectivity index (χ3v) is 5.64. The molecule has 2 amide bonds. The standard InChI is InChI=1S/C24H21N5O2/c1-2-3-4-7-20-19-13-26-29-24(31)18-9-15(10-21(28-20)22(18)19)27-23(30)17-11-16(17)14-6-5-8-25-12-14/h5-6,8-10,12-13,16-17,28H,2-3,11H2,1H3,(H,27,30)(H,29,31). The summed E-state index contributed by atoms with van der Waals surface area (Å²) in [6.45, 7) is 2.07. The zero-order chi connectivity index (χ0) is 21.4. The normalized spacial score (nSPS) is 18.7. The maximum absolute atomic E-state index is 12.8. The van der Waals surface area contributed by atoms with Crippen LogP contribution >= 0.6 is 0 Å². The van der Waals surface area contributed by atoms with E-state index in [2.05, 4.69) is 44.6 Å². The monoisotopic (exact) mass is 411 g/mol. The van der Waals surface area contributed by atoms with Gasteiger partial charge in [0.1, 0.15) is 0 Å². The maximum Gasteiger partial charge on any atom is 0.272 e. The molecule has 7 heteroatoms. The number of pyridine rings is 1. The number of unbranched alkanes of at least 4 members (excludes halogenated alkanes) is 1.